The Morgan fingerprint density at radius 2 is 2.10 bits per heavy atom. The summed E-state index contributed by atoms with van der Waals surface area (Å²) in [5.74, 6) is -0.497. The second kappa shape index (κ2) is 7.22. The topological polar surface area (TPSA) is 75.4 Å². The third kappa shape index (κ3) is 4.29. The molecule has 1 fully saturated rings. The standard InChI is InChI=1S/C16H23N3O2/c1-19(15(20)11-13-8-5-9-18-13)14(16(17)21)10-12-6-3-2-4-7-12/h2-4,6-7,13-14,18H,5,8-11H2,1H3,(H2,17,21)/t13-,14-/m0/s1. The number of nitrogens with two attached hydrogens (primary N) is 1. The molecule has 0 aliphatic carbocycles. The van der Waals surface area contributed by atoms with Crippen LogP contribution < -0.4 is 11.1 Å². The number of benzene rings is 1. The fourth-order valence-electron chi connectivity index (χ4n) is 2.73. The molecule has 1 aromatic rings. The van der Waals surface area contributed by atoms with Crippen molar-refractivity contribution in [2.75, 3.05) is 13.6 Å². The lowest BCUT2D eigenvalue weighted by Crippen LogP contribution is -2.48. The molecule has 1 aromatic carbocycles. The molecule has 5 nitrogen and oxygen atoms in total. The molecule has 0 bridgehead atoms. The minimum Gasteiger partial charge on any atom is -0.368 e. The first kappa shape index (κ1) is 15.5. The van der Waals surface area contributed by atoms with Gasteiger partial charge in [-0.15, -0.1) is 0 Å². The SMILES string of the molecule is CN(C(=O)C[C@@H]1CCCN1)[C@@H](Cc1ccccc1)C(N)=O. The average Bonchev–Trinajstić information content (AvgIpc) is 2.97. The smallest absolute Gasteiger partial charge is 0.240 e. The summed E-state index contributed by atoms with van der Waals surface area (Å²) in [4.78, 5) is 25.5. The van der Waals surface area contributed by atoms with E-state index < -0.39 is 11.9 Å². The second-order valence-electron chi connectivity index (χ2n) is 5.61. The van der Waals surface area contributed by atoms with Gasteiger partial charge in [0.15, 0.2) is 0 Å². The highest BCUT2D eigenvalue weighted by atomic mass is 16.2. The lowest BCUT2D eigenvalue weighted by molar-refractivity contribution is -0.138. The first-order chi connectivity index (χ1) is 10.1. The van der Waals surface area contributed by atoms with Gasteiger partial charge in [0.05, 0.1) is 0 Å². The summed E-state index contributed by atoms with van der Waals surface area (Å²) >= 11 is 0. The van der Waals surface area contributed by atoms with Gasteiger partial charge >= 0.3 is 0 Å². The van der Waals surface area contributed by atoms with Crippen LogP contribution in [-0.2, 0) is 16.0 Å². The molecule has 2 amide bonds. The van der Waals surface area contributed by atoms with E-state index in [2.05, 4.69) is 5.32 Å². The van der Waals surface area contributed by atoms with Gasteiger partial charge in [0.2, 0.25) is 11.8 Å². The first-order valence-electron chi connectivity index (χ1n) is 7.40. The fourth-order valence-corrected chi connectivity index (χ4v) is 2.73. The van der Waals surface area contributed by atoms with Crippen LogP contribution in [0, 0.1) is 0 Å². The molecule has 1 heterocycles. The molecule has 5 heteroatoms. The van der Waals surface area contributed by atoms with Gasteiger partial charge in [-0.25, -0.2) is 0 Å². The van der Waals surface area contributed by atoms with Crippen LogP contribution in [0.2, 0.25) is 0 Å². The Hall–Kier alpha value is -1.88. The molecule has 0 radical (unpaired) electrons. The maximum Gasteiger partial charge on any atom is 0.240 e. The first-order valence-corrected chi connectivity index (χ1v) is 7.40. The Morgan fingerprint density at radius 3 is 2.67 bits per heavy atom. The van der Waals surface area contributed by atoms with Gasteiger partial charge in [-0.2, -0.15) is 0 Å². The van der Waals surface area contributed by atoms with Crippen molar-refractivity contribution in [3.63, 3.8) is 0 Å². The van der Waals surface area contributed by atoms with Crippen LogP contribution >= 0.6 is 0 Å². The van der Waals surface area contributed by atoms with E-state index in [9.17, 15) is 9.59 Å². The summed E-state index contributed by atoms with van der Waals surface area (Å²) < 4.78 is 0. The van der Waals surface area contributed by atoms with Crippen LogP contribution in [0.3, 0.4) is 0 Å². The lowest BCUT2D eigenvalue weighted by Gasteiger charge is -2.27. The zero-order valence-corrected chi connectivity index (χ0v) is 12.4. The third-order valence-electron chi connectivity index (χ3n) is 4.04. The minimum atomic E-state index is -0.596. The number of nitrogens with zero attached hydrogens (tertiary/aromatic N) is 1. The number of rotatable bonds is 6. The van der Waals surface area contributed by atoms with Gasteiger partial charge in [-0.1, -0.05) is 30.3 Å². The van der Waals surface area contributed by atoms with Gasteiger partial charge in [0, 0.05) is 25.9 Å². The summed E-state index contributed by atoms with van der Waals surface area (Å²) in [5, 5.41) is 3.30. The molecule has 2 atom stereocenters. The van der Waals surface area contributed by atoms with Gasteiger partial charge in [-0.05, 0) is 24.9 Å². The number of likely N-dealkylation sites (N-methyl/N-ethyl adjacent to an activating group) is 1. The van der Waals surface area contributed by atoms with Crippen molar-refractivity contribution in [3.8, 4) is 0 Å². The molecule has 2 rings (SSSR count). The summed E-state index contributed by atoms with van der Waals surface area (Å²) in [6.07, 6.45) is 3.00. The van der Waals surface area contributed by atoms with E-state index in [0.717, 1.165) is 24.9 Å². The van der Waals surface area contributed by atoms with Crippen LogP contribution in [0.4, 0.5) is 0 Å². The van der Waals surface area contributed by atoms with Crippen LogP contribution in [0.5, 0.6) is 0 Å². The summed E-state index contributed by atoms with van der Waals surface area (Å²) in [5.41, 5.74) is 6.48. The number of hydrogen-bond donors (Lipinski definition) is 2. The molecule has 0 aromatic heterocycles. The second-order valence-corrected chi connectivity index (χ2v) is 5.61. The molecule has 0 unspecified atom stereocenters. The lowest BCUT2D eigenvalue weighted by atomic mass is 10.0. The van der Waals surface area contributed by atoms with Gasteiger partial charge < -0.3 is 16.0 Å². The molecule has 3 N–H and O–H groups in total. The molecule has 1 aliphatic rings. The summed E-state index contributed by atoms with van der Waals surface area (Å²) in [6, 6.07) is 9.25. The van der Waals surface area contributed by atoms with Crippen molar-refractivity contribution in [1.82, 2.24) is 10.2 Å². The Morgan fingerprint density at radius 1 is 1.38 bits per heavy atom. The maximum atomic E-state index is 12.3. The zero-order valence-electron chi connectivity index (χ0n) is 12.4. The van der Waals surface area contributed by atoms with E-state index in [0.29, 0.717) is 12.8 Å². The minimum absolute atomic E-state index is 0.0332. The normalized spacial score (nSPS) is 19.2. The zero-order chi connectivity index (χ0) is 15.2. The van der Waals surface area contributed by atoms with Crippen molar-refractivity contribution in [2.45, 2.75) is 37.8 Å². The summed E-state index contributed by atoms with van der Waals surface area (Å²) in [7, 11) is 1.66. The molecule has 1 aliphatic heterocycles. The monoisotopic (exact) mass is 289 g/mol. The highest BCUT2D eigenvalue weighted by Crippen LogP contribution is 2.13. The Balaban J connectivity index is 1.99. The molecule has 0 saturated carbocycles. The van der Waals surface area contributed by atoms with Crippen LogP contribution in [0.25, 0.3) is 0 Å². The van der Waals surface area contributed by atoms with Crippen LogP contribution in [0.1, 0.15) is 24.8 Å². The van der Waals surface area contributed by atoms with Crippen molar-refractivity contribution in [2.24, 2.45) is 5.73 Å². The number of hydrogen-bond acceptors (Lipinski definition) is 3. The predicted molar refractivity (Wildman–Crippen MR) is 81.5 cm³/mol. The van der Waals surface area contributed by atoms with Crippen LogP contribution in [0.15, 0.2) is 30.3 Å². The molecule has 1 saturated heterocycles. The van der Waals surface area contributed by atoms with Crippen molar-refractivity contribution in [3.05, 3.63) is 35.9 Å². The number of primary amides is 1. The quantitative estimate of drug-likeness (QED) is 0.809. The van der Waals surface area contributed by atoms with Gasteiger partial charge in [-0.3, -0.25) is 9.59 Å². The number of nitrogens with one attached hydrogen (secondary N) is 1. The predicted octanol–water partition coefficient (Wildman–Crippen LogP) is 0.683. The third-order valence-corrected chi connectivity index (χ3v) is 4.04. The fraction of sp³-hybridized carbons (Fsp3) is 0.500. The largest absolute Gasteiger partial charge is 0.368 e. The molecular formula is C16H23N3O2. The van der Waals surface area contributed by atoms with E-state index >= 15 is 0 Å². The van der Waals surface area contributed by atoms with Gasteiger partial charge in [0.25, 0.3) is 0 Å². The highest BCUT2D eigenvalue weighted by molar-refractivity contribution is 5.87. The van der Waals surface area contributed by atoms with Crippen LogP contribution in [-0.4, -0.2) is 42.4 Å². The van der Waals surface area contributed by atoms with E-state index in [1.54, 1.807) is 7.05 Å². The number of carbonyl (C=O) groups excluding carboxylic acids is 2. The van der Waals surface area contributed by atoms with Crippen molar-refractivity contribution >= 4 is 11.8 Å². The van der Waals surface area contributed by atoms with E-state index in [4.69, 9.17) is 5.73 Å². The number of amides is 2. The van der Waals surface area contributed by atoms with E-state index in [1.807, 2.05) is 30.3 Å². The molecule has 21 heavy (non-hydrogen) atoms. The molecular weight excluding hydrogens is 266 g/mol. The Labute approximate surface area is 125 Å². The van der Waals surface area contributed by atoms with Crippen molar-refractivity contribution < 1.29 is 9.59 Å². The van der Waals surface area contributed by atoms with Gasteiger partial charge in [0.1, 0.15) is 6.04 Å². The summed E-state index contributed by atoms with van der Waals surface area (Å²) in [6.45, 7) is 0.963. The van der Waals surface area contributed by atoms with E-state index in [1.165, 1.54) is 4.90 Å². The maximum absolute atomic E-state index is 12.3. The number of carbonyl (C=O) groups is 2. The Kier molecular flexibility index (Phi) is 5.33. The van der Waals surface area contributed by atoms with E-state index in [-0.39, 0.29) is 11.9 Å². The Bertz CT molecular complexity index is 484. The molecule has 0 spiro atoms. The van der Waals surface area contributed by atoms with Crippen molar-refractivity contribution in [1.29, 1.82) is 0 Å². The highest BCUT2D eigenvalue weighted by Gasteiger charge is 2.27. The average molecular weight is 289 g/mol. The molecule has 114 valence electrons.